The average Bonchev–Trinajstić information content (AvgIpc) is 2.31. The number of hydrogen-bond acceptors (Lipinski definition) is 5. The zero-order valence-corrected chi connectivity index (χ0v) is 12.7. The summed E-state index contributed by atoms with van der Waals surface area (Å²) in [6.07, 6.45) is 0. The van der Waals surface area contributed by atoms with Crippen molar-refractivity contribution in [2.75, 3.05) is 28.4 Å². The summed E-state index contributed by atoms with van der Waals surface area (Å²) in [7, 11) is 5.09. The average molecular weight is 332 g/mol. The summed E-state index contributed by atoms with van der Waals surface area (Å²) in [6.45, 7) is 0. The van der Waals surface area contributed by atoms with Crippen LogP contribution in [0.15, 0.2) is 0 Å². The highest BCUT2D eigenvalue weighted by atomic mass is 35.5. The van der Waals surface area contributed by atoms with Gasteiger partial charge in [0.25, 0.3) is 0 Å². The molecule has 0 aliphatic carbocycles. The molecule has 0 atom stereocenters. The lowest BCUT2D eigenvalue weighted by atomic mass is 10.5. The lowest BCUT2D eigenvalue weighted by Gasteiger charge is -2.40. The molecule has 0 aromatic rings. The summed E-state index contributed by atoms with van der Waals surface area (Å²) in [6, 6.07) is 0. The third-order valence-electron chi connectivity index (χ3n) is 1.96. The Morgan fingerprint density at radius 3 is 1.00 bits per heavy atom. The van der Waals surface area contributed by atoms with Crippen LogP contribution in [-0.2, 0) is 23.7 Å². The standard InChI is InChI=1S/C8H14Cl4O5/c1-13-7(14-2,5(9)10)17-8(15-3,16-4)6(11)12/h5-6H,1-4H3. The molecule has 104 valence electrons. The topological polar surface area (TPSA) is 46.2 Å². The highest BCUT2D eigenvalue weighted by molar-refractivity contribution is 6.45. The Morgan fingerprint density at radius 2 is 0.882 bits per heavy atom. The summed E-state index contributed by atoms with van der Waals surface area (Å²) < 4.78 is 25.2. The van der Waals surface area contributed by atoms with E-state index in [-0.39, 0.29) is 0 Å². The molecular formula is C8H14Cl4O5. The van der Waals surface area contributed by atoms with Crippen molar-refractivity contribution in [2.24, 2.45) is 0 Å². The minimum absolute atomic E-state index is 1.20. The van der Waals surface area contributed by atoms with Gasteiger partial charge in [-0.3, -0.25) is 4.74 Å². The van der Waals surface area contributed by atoms with Gasteiger partial charge < -0.3 is 18.9 Å². The van der Waals surface area contributed by atoms with E-state index in [0.717, 1.165) is 0 Å². The molecule has 0 N–H and O–H groups in total. The predicted molar refractivity (Wildman–Crippen MR) is 65.6 cm³/mol. The fraction of sp³-hybridized carbons (Fsp3) is 1.00. The first-order valence-electron chi connectivity index (χ1n) is 4.31. The zero-order valence-electron chi connectivity index (χ0n) is 9.71. The third-order valence-corrected chi connectivity index (χ3v) is 3.03. The van der Waals surface area contributed by atoms with E-state index >= 15 is 0 Å². The largest absolute Gasteiger partial charge is 0.329 e. The third kappa shape index (κ3) is 3.96. The van der Waals surface area contributed by atoms with Gasteiger partial charge in [-0.05, 0) is 0 Å². The Morgan fingerprint density at radius 1 is 0.647 bits per heavy atom. The molecule has 0 saturated heterocycles. The molecule has 0 unspecified atom stereocenters. The lowest BCUT2D eigenvalue weighted by molar-refractivity contribution is -0.480. The fourth-order valence-electron chi connectivity index (χ4n) is 0.977. The van der Waals surface area contributed by atoms with Crippen LogP contribution < -0.4 is 0 Å². The van der Waals surface area contributed by atoms with E-state index in [1.54, 1.807) is 0 Å². The van der Waals surface area contributed by atoms with E-state index in [4.69, 9.17) is 70.1 Å². The van der Waals surface area contributed by atoms with Gasteiger partial charge in [-0.25, -0.2) is 0 Å². The second-order valence-electron chi connectivity index (χ2n) is 2.73. The molecule has 0 amide bonds. The normalized spacial score (nSPS) is 13.8. The van der Waals surface area contributed by atoms with Gasteiger partial charge in [0.1, 0.15) is 0 Å². The molecule has 0 aliphatic heterocycles. The van der Waals surface area contributed by atoms with Crippen molar-refractivity contribution >= 4 is 46.4 Å². The molecule has 0 heterocycles. The van der Waals surface area contributed by atoms with Gasteiger partial charge in [0.2, 0.25) is 0 Å². The van der Waals surface area contributed by atoms with Crippen LogP contribution in [0.4, 0.5) is 0 Å². The minimum Gasteiger partial charge on any atom is -0.329 e. The maximum absolute atomic E-state index is 5.72. The lowest BCUT2D eigenvalue weighted by Crippen LogP contribution is -2.55. The van der Waals surface area contributed by atoms with Gasteiger partial charge in [0, 0.05) is 28.4 Å². The van der Waals surface area contributed by atoms with Crippen LogP contribution in [-0.4, -0.2) is 50.1 Å². The van der Waals surface area contributed by atoms with Crippen LogP contribution >= 0.6 is 46.4 Å². The molecule has 5 nitrogen and oxygen atoms in total. The van der Waals surface area contributed by atoms with Crippen molar-refractivity contribution < 1.29 is 23.7 Å². The number of hydrogen-bond donors (Lipinski definition) is 0. The van der Waals surface area contributed by atoms with Crippen LogP contribution in [0, 0.1) is 0 Å². The second-order valence-corrected chi connectivity index (χ2v) is 4.92. The molecule has 0 spiro atoms. The number of halogens is 4. The van der Waals surface area contributed by atoms with Gasteiger partial charge in [-0.15, -0.1) is 0 Å². The molecule has 0 aromatic heterocycles. The molecule has 0 bridgehead atoms. The smallest absolute Gasteiger partial charge is 0.318 e. The predicted octanol–water partition coefficient (Wildman–Crippen LogP) is 2.50. The number of methoxy groups -OCH3 is 4. The molecule has 17 heavy (non-hydrogen) atoms. The first-order valence-corrected chi connectivity index (χ1v) is 6.05. The number of rotatable bonds is 8. The summed E-state index contributed by atoms with van der Waals surface area (Å²) >= 11 is 22.9. The van der Waals surface area contributed by atoms with E-state index < -0.39 is 21.6 Å². The van der Waals surface area contributed by atoms with Gasteiger partial charge >= 0.3 is 11.9 Å². The van der Waals surface area contributed by atoms with Crippen LogP contribution in [0.5, 0.6) is 0 Å². The molecule has 0 saturated carbocycles. The van der Waals surface area contributed by atoms with Crippen molar-refractivity contribution in [3.63, 3.8) is 0 Å². The molecule has 0 aromatic carbocycles. The fourth-order valence-corrected chi connectivity index (χ4v) is 1.87. The highest BCUT2D eigenvalue weighted by Crippen LogP contribution is 2.36. The number of ether oxygens (including phenoxy) is 5. The van der Waals surface area contributed by atoms with Crippen LogP contribution in [0.2, 0.25) is 0 Å². The quantitative estimate of drug-likeness (QED) is 0.505. The Hall–Kier alpha value is 0.960. The summed E-state index contributed by atoms with van der Waals surface area (Å²) in [4.78, 5) is -2.40. The Kier molecular flexibility index (Phi) is 7.95. The van der Waals surface area contributed by atoms with Gasteiger partial charge in [0.15, 0.2) is 9.67 Å². The first-order chi connectivity index (χ1) is 7.84. The highest BCUT2D eigenvalue weighted by Gasteiger charge is 2.52. The van der Waals surface area contributed by atoms with Crippen molar-refractivity contribution in [2.45, 2.75) is 21.6 Å². The van der Waals surface area contributed by atoms with Crippen molar-refractivity contribution in [3.8, 4) is 0 Å². The summed E-state index contributed by atoms with van der Waals surface area (Å²) in [5.74, 6) is -3.67. The Labute approximate surface area is 120 Å². The Bertz CT molecular complexity index is 196. The van der Waals surface area contributed by atoms with Gasteiger partial charge in [-0.2, -0.15) is 0 Å². The van der Waals surface area contributed by atoms with Crippen molar-refractivity contribution in [1.29, 1.82) is 0 Å². The maximum atomic E-state index is 5.72. The molecule has 9 heteroatoms. The van der Waals surface area contributed by atoms with E-state index in [9.17, 15) is 0 Å². The summed E-state index contributed by atoms with van der Waals surface area (Å²) in [5.41, 5.74) is 0. The Balaban J connectivity index is 5.18. The zero-order chi connectivity index (χ0) is 13.7. The molecular weight excluding hydrogens is 318 g/mol. The van der Waals surface area contributed by atoms with E-state index in [1.807, 2.05) is 0 Å². The van der Waals surface area contributed by atoms with Gasteiger partial charge in [0.05, 0.1) is 0 Å². The molecule has 0 radical (unpaired) electrons. The van der Waals surface area contributed by atoms with E-state index in [2.05, 4.69) is 0 Å². The maximum Gasteiger partial charge on any atom is 0.318 e. The van der Waals surface area contributed by atoms with Crippen LogP contribution in [0.1, 0.15) is 0 Å². The SMILES string of the molecule is COC(OC)(OC(OC)(OC)C(Cl)Cl)C(Cl)Cl. The first kappa shape index (κ1) is 18.0. The second kappa shape index (κ2) is 7.53. The summed E-state index contributed by atoms with van der Waals surface area (Å²) in [5, 5.41) is 0. The van der Waals surface area contributed by atoms with Gasteiger partial charge in [-0.1, -0.05) is 46.4 Å². The van der Waals surface area contributed by atoms with Crippen LogP contribution in [0.25, 0.3) is 0 Å². The van der Waals surface area contributed by atoms with Crippen LogP contribution in [0.3, 0.4) is 0 Å². The van der Waals surface area contributed by atoms with Crippen molar-refractivity contribution in [3.05, 3.63) is 0 Å². The molecule has 0 aliphatic rings. The number of alkyl halides is 4. The van der Waals surface area contributed by atoms with E-state index in [0.29, 0.717) is 0 Å². The van der Waals surface area contributed by atoms with E-state index in [1.165, 1.54) is 28.4 Å². The van der Waals surface area contributed by atoms with Crippen molar-refractivity contribution in [1.82, 2.24) is 0 Å². The molecule has 0 rings (SSSR count). The monoisotopic (exact) mass is 330 g/mol. The molecule has 0 fully saturated rings. The minimum atomic E-state index is -1.84.